The highest BCUT2D eigenvalue weighted by molar-refractivity contribution is 7.80. The Morgan fingerprint density at radius 2 is 2.10 bits per heavy atom. The summed E-state index contributed by atoms with van der Waals surface area (Å²) in [5, 5.41) is 6.79. The van der Waals surface area contributed by atoms with Crippen molar-refractivity contribution in [1.29, 1.82) is 0 Å². The Bertz CT molecular complexity index is 81.7. The molecule has 1 rings (SSSR count). The lowest BCUT2D eigenvalue weighted by Gasteiger charge is -2.23. The van der Waals surface area contributed by atoms with Crippen LogP contribution in [0.5, 0.6) is 0 Å². The second-order valence-electron chi connectivity index (χ2n) is 2.70. The van der Waals surface area contributed by atoms with Crippen molar-refractivity contribution in [3.63, 3.8) is 0 Å². The van der Waals surface area contributed by atoms with Gasteiger partial charge in [-0.15, -0.1) is 0 Å². The Kier molecular flexibility index (Phi) is 4.18. The van der Waals surface area contributed by atoms with Gasteiger partial charge in [-0.1, -0.05) is 0 Å². The molecule has 1 aliphatic rings. The van der Waals surface area contributed by atoms with Crippen LogP contribution in [0.15, 0.2) is 0 Å². The Balaban J connectivity index is 2.02. The van der Waals surface area contributed by atoms with E-state index in [2.05, 4.69) is 23.3 Å². The van der Waals surface area contributed by atoms with Crippen LogP contribution in [0.25, 0.3) is 0 Å². The van der Waals surface area contributed by atoms with Gasteiger partial charge < -0.3 is 10.6 Å². The first-order valence-electron chi connectivity index (χ1n) is 3.98. The van der Waals surface area contributed by atoms with E-state index < -0.39 is 0 Å². The van der Waals surface area contributed by atoms with Gasteiger partial charge in [0.15, 0.2) is 0 Å². The molecule has 2 nitrogen and oxygen atoms in total. The standard InChI is InChI=1S/C7H16N2S/c10-6-5-9-7-1-3-8-4-2-7/h7-10H,1-6H2. The Morgan fingerprint density at radius 1 is 1.40 bits per heavy atom. The maximum absolute atomic E-state index is 4.14. The van der Waals surface area contributed by atoms with Crippen LogP contribution in [0.3, 0.4) is 0 Å². The van der Waals surface area contributed by atoms with E-state index in [1.165, 1.54) is 25.9 Å². The summed E-state index contributed by atoms with van der Waals surface area (Å²) >= 11 is 4.14. The summed E-state index contributed by atoms with van der Waals surface area (Å²) in [5.41, 5.74) is 0. The van der Waals surface area contributed by atoms with E-state index in [1.54, 1.807) is 0 Å². The van der Waals surface area contributed by atoms with Crippen LogP contribution < -0.4 is 10.6 Å². The average Bonchev–Trinajstić information content (AvgIpc) is 2.03. The van der Waals surface area contributed by atoms with Crippen LogP contribution >= 0.6 is 12.6 Å². The zero-order valence-corrected chi connectivity index (χ0v) is 7.16. The molecule has 0 aromatic carbocycles. The minimum Gasteiger partial charge on any atom is -0.317 e. The molecule has 0 aromatic heterocycles. The van der Waals surface area contributed by atoms with Crippen LogP contribution in [-0.2, 0) is 0 Å². The van der Waals surface area contributed by atoms with Crippen LogP contribution in [0.1, 0.15) is 12.8 Å². The molecule has 3 heteroatoms. The van der Waals surface area contributed by atoms with Crippen molar-refractivity contribution in [2.24, 2.45) is 0 Å². The van der Waals surface area contributed by atoms with Crippen molar-refractivity contribution in [3.8, 4) is 0 Å². The Morgan fingerprint density at radius 3 is 2.70 bits per heavy atom. The number of hydrogen-bond acceptors (Lipinski definition) is 3. The number of rotatable bonds is 3. The van der Waals surface area contributed by atoms with Crippen LogP contribution in [0.4, 0.5) is 0 Å². The lowest BCUT2D eigenvalue weighted by molar-refractivity contribution is 0.395. The quantitative estimate of drug-likeness (QED) is 0.516. The van der Waals surface area contributed by atoms with E-state index in [0.717, 1.165) is 18.3 Å². The third kappa shape index (κ3) is 2.90. The fourth-order valence-corrected chi connectivity index (χ4v) is 1.42. The van der Waals surface area contributed by atoms with Crippen molar-refractivity contribution in [2.75, 3.05) is 25.4 Å². The second-order valence-corrected chi connectivity index (χ2v) is 3.15. The molecule has 0 saturated carbocycles. The third-order valence-corrected chi connectivity index (χ3v) is 2.11. The summed E-state index contributed by atoms with van der Waals surface area (Å²) in [6.07, 6.45) is 2.54. The van der Waals surface area contributed by atoms with Crippen molar-refractivity contribution in [2.45, 2.75) is 18.9 Å². The lowest BCUT2D eigenvalue weighted by Crippen LogP contribution is -2.40. The summed E-state index contributed by atoms with van der Waals surface area (Å²) in [5.74, 6) is 0.948. The molecule has 0 unspecified atom stereocenters. The third-order valence-electron chi connectivity index (χ3n) is 1.88. The fraction of sp³-hybridized carbons (Fsp3) is 1.00. The van der Waals surface area contributed by atoms with Gasteiger partial charge in [-0.25, -0.2) is 0 Å². The van der Waals surface area contributed by atoms with Gasteiger partial charge in [0, 0.05) is 18.3 Å². The van der Waals surface area contributed by atoms with Crippen LogP contribution in [-0.4, -0.2) is 31.4 Å². The van der Waals surface area contributed by atoms with Crippen LogP contribution in [0, 0.1) is 0 Å². The molecule has 2 N–H and O–H groups in total. The van der Waals surface area contributed by atoms with Gasteiger partial charge >= 0.3 is 0 Å². The highest BCUT2D eigenvalue weighted by Crippen LogP contribution is 2.00. The molecule has 1 fully saturated rings. The summed E-state index contributed by atoms with van der Waals surface area (Å²) in [6.45, 7) is 3.39. The monoisotopic (exact) mass is 160 g/mol. The summed E-state index contributed by atoms with van der Waals surface area (Å²) < 4.78 is 0. The zero-order chi connectivity index (χ0) is 7.23. The number of thiol groups is 1. The largest absolute Gasteiger partial charge is 0.317 e. The highest BCUT2D eigenvalue weighted by atomic mass is 32.1. The molecule has 0 amide bonds. The van der Waals surface area contributed by atoms with Gasteiger partial charge in [-0.3, -0.25) is 0 Å². The molecule has 0 radical (unpaired) electrons. The van der Waals surface area contributed by atoms with Gasteiger partial charge in [-0.2, -0.15) is 12.6 Å². The summed E-state index contributed by atoms with van der Waals surface area (Å²) in [6, 6.07) is 0.744. The SMILES string of the molecule is SCCNC1CCNCC1. The van der Waals surface area contributed by atoms with Gasteiger partial charge in [0.05, 0.1) is 0 Å². The van der Waals surface area contributed by atoms with E-state index in [-0.39, 0.29) is 0 Å². The van der Waals surface area contributed by atoms with Gasteiger partial charge in [0.25, 0.3) is 0 Å². The molecule has 10 heavy (non-hydrogen) atoms. The minimum atomic E-state index is 0.744. The van der Waals surface area contributed by atoms with E-state index >= 15 is 0 Å². The second kappa shape index (κ2) is 4.99. The number of piperidine rings is 1. The van der Waals surface area contributed by atoms with Crippen LogP contribution in [0.2, 0.25) is 0 Å². The first-order chi connectivity index (χ1) is 4.93. The maximum Gasteiger partial charge on any atom is 0.00915 e. The highest BCUT2D eigenvalue weighted by Gasteiger charge is 2.10. The predicted molar refractivity (Wildman–Crippen MR) is 47.7 cm³/mol. The molecular formula is C7H16N2S. The fourth-order valence-electron chi connectivity index (χ4n) is 1.29. The lowest BCUT2D eigenvalue weighted by atomic mass is 10.1. The molecule has 0 spiro atoms. The molecule has 1 aliphatic heterocycles. The molecule has 0 aromatic rings. The number of nitrogens with one attached hydrogen (secondary N) is 2. The van der Waals surface area contributed by atoms with Crippen molar-refractivity contribution in [1.82, 2.24) is 10.6 Å². The molecule has 1 heterocycles. The normalized spacial score (nSPS) is 21.3. The van der Waals surface area contributed by atoms with Gasteiger partial charge in [0.2, 0.25) is 0 Å². The maximum atomic E-state index is 4.14. The van der Waals surface area contributed by atoms with Crippen molar-refractivity contribution in [3.05, 3.63) is 0 Å². The molecular weight excluding hydrogens is 144 g/mol. The smallest absolute Gasteiger partial charge is 0.00915 e. The topological polar surface area (TPSA) is 24.1 Å². The Hall–Kier alpha value is 0.270. The first-order valence-corrected chi connectivity index (χ1v) is 4.61. The van der Waals surface area contributed by atoms with Gasteiger partial charge in [-0.05, 0) is 25.9 Å². The van der Waals surface area contributed by atoms with E-state index in [1.807, 2.05) is 0 Å². The number of hydrogen-bond donors (Lipinski definition) is 3. The first kappa shape index (κ1) is 8.37. The summed E-state index contributed by atoms with van der Waals surface area (Å²) in [7, 11) is 0. The zero-order valence-electron chi connectivity index (χ0n) is 6.27. The molecule has 60 valence electrons. The van der Waals surface area contributed by atoms with E-state index in [0.29, 0.717) is 0 Å². The van der Waals surface area contributed by atoms with Crippen molar-refractivity contribution >= 4 is 12.6 Å². The molecule has 1 saturated heterocycles. The Labute approximate surface area is 68.2 Å². The summed E-state index contributed by atoms with van der Waals surface area (Å²) in [4.78, 5) is 0. The average molecular weight is 160 g/mol. The van der Waals surface area contributed by atoms with Gasteiger partial charge in [0.1, 0.15) is 0 Å². The predicted octanol–water partition coefficient (Wildman–Crippen LogP) is 0.258. The minimum absolute atomic E-state index is 0.744. The van der Waals surface area contributed by atoms with Crippen molar-refractivity contribution < 1.29 is 0 Å². The molecule has 0 aliphatic carbocycles. The van der Waals surface area contributed by atoms with E-state index in [9.17, 15) is 0 Å². The van der Waals surface area contributed by atoms with E-state index in [4.69, 9.17) is 0 Å². The molecule has 0 bridgehead atoms. The molecule has 0 atom stereocenters.